The first-order chi connectivity index (χ1) is 12.8. The van der Waals surface area contributed by atoms with Crippen LogP contribution in [-0.4, -0.2) is 26.3 Å². The lowest BCUT2D eigenvalue weighted by molar-refractivity contribution is 0.0450. The molecular formula is C22H20O4. The lowest BCUT2D eigenvalue weighted by Gasteiger charge is -2.08. The lowest BCUT2D eigenvalue weighted by atomic mass is 10.0. The Kier molecular flexibility index (Phi) is 5.88. The highest BCUT2D eigenvalue weighted by Gasteiger charge is 2.07. The van der Waals surface area contributed by atoms with Gasteiger partial charge in [-0.15, -0.1) is 0 Å². The van der Waals surface area contributed by atoms with Crippen LogP contribution in [0.3, 0.4) is 0 Å². The van der Waals surface area contributed by atoms with Crippen LogP contribution in [0, 0.1) is 0 Å². The van der Waals surface area contributed by atoms with E-state index in [1.807, 2.05) is 66.7 Å². The summed E-state index contributed by atoms with van der Waals surface area (Å²) in [5.41, 5.74) is 2.69. The van der Waals surface area contributed by atoms with Crippen molar-refractivity contribution >= 4 is 5.97 Å². The Morgan fingerprint density at radius 2 is 1.35 bits per heavy atom. The Hall–Kier alpha value is -3.27. The normalized spacial score (nSPS) is 10.2. The van der Waals surface area contributed by atoms with E-state index < -0.39 is 0 Å². The predicted molar refractivity (Wildman–Crippen MR) is 101 cm³/mol. The van der Waals surface area contributed by atoms with Gasteiger partial charge in [0.05, 0.1) is 12.7 Å². The van der Waals surface area contributed by atoms with Gasteiger partial charge in [0, 0.05) is 0 Å². The number of carbonyl (C=O) groups is 1. The summed E-state index contributed by atoms with van der Waals surface area (Å²) in [6.07, 6.45) is 0. The molecule has 0 fully saturated rings. The maximum Gasteiger partial charge on any atom is 0.338 e. The van der Waals surface area contributed by atoms with Crippen LogP contribution in [0.5, 0.6) is 11.5 Å². The van der Waals surface area contributed by atoms with Gasteiger partial charge in [-0.1, -0.05) is 42.5 Å². The minimum atomic E-state index is -0.358. The van der Waals surface area contributed by atoms with Crippen molar-refractivity contribution < 1.29 is 19.0 Å². The summed E-state index contributed by atoms with van der Waals surface area (Å²) in [6, 6.07) is 24.6. The van der Waals surface area contributed by atoms with Crippen molar-refractivity contribution in [2.45, 2.75) is 0 Å². The van der Waals surface area contributed by atoms with Crippen molar-refractivity contribution in [1.29, 1.82) is 0 Å². The van der Waals surface area contributed by atoms with Crippen LogP contribution in [0.2, 0.25) is 0 Å². The maximum absolute atomic E-state index is 12.1. The average molecular weight is 348 g/mol. The van der Waals surface area contributed by atoms with Crippen LogP contribution in [0.4, 0.5) is 0 Å². The second-order valence-corrected chi connectivity index (χ2v) is 5.60. The first kappa shape index (κ1) is 17.5. The van der Waals surface area contributed by atoms with Crippen molar-refractivity contribution in [2.24, 2.45) is 0 Å². The van der Waals surface area contributed by atoms with Crippen LogP contribution in [0.15, 0.2) is 78.9 Å². The molecular weight excluding hydrogens is 328 g/mol. The molecule has 3 rings (SSSR count). The molecule has 0 N–H and O–H groups in total. The van der Waals surface area contributed by atoms with E-state index in [1.54, 1.807) is 19.2 Å². The summed E-state index contributed by atoms with van der Waals surface area (Å²) in [4.78, 5) is 12.1. The van der Waals surface area contributed by atoms with Crippen molar-refractivity contribution in [3.63, 3.8) is 0 Å². The van der Waals surface area contributed by atoms with Crippen LogP contribution in [0.1, 0.15) is 10.4 Å². The molecule has 0 atom stereocenters. The number of benzene rings is 3. The number of methoxy groups -OCH3 is 1. The second-order valence-electron chi connectivity index (χ2n) is 5.60. The van der Waals surface area contributed by atoms with Gasteiger partial charge in [0.1, 0.15) is 24.7 Å². The summed E-state index contributed by atoms with van der Waals surface area (Å²) in [7, 11) is 1.61. The van der Waals surface area contributed by atoms with Gasteiger partial charge in [-0.05, 0) is 47.5 Å². The van der Waals surface area contributed by atoms with Crippen LogP contribution in [-0.2, 0) is 4.74 Å². The Labute approximate surface area is 153 Å². The Balaban J connectivity index is 1.47. The molecule has 0 aromatic heterocycles. The molecule has 3 aromatic carbocycles. The third-order valence-electron chi connectivity index (χ3n) is 3.87. The summed E-state index contributed by atoms with van der Waals surface area (Å²) >= 11 is 0. The van der Waals surface area contributed by atoms with Crippen LogP contribution >= 0.6 is 0 Å². The molecule has 0 radical (unpaired) electrons. The molecule has 0 spiro atoms. The van der Waals surface area contributed by atoms with E-state index >= 15 is 0 Å². The lowest BCUT2D eigenvalue weighted by Crippen LogP contribution is -2.12. The number of hydrogen-bond acceptors (Lipinski definition) is 4. The molecule has 26 heavy (non-hydrogen) atoms. The second kappa shape index (κ2) is 8.72. The van der Waals surface area contributed by atoms with Gasteiger partial charge in [0.15, 0.2) is 0 Å². The number of ether oxygens (including phenoxy) is 3. The largest absolute Gasteiger partial charge is 0.497 e. The summed E-state index contributed by atoms with van der Waals surface area (Å²) in [5.74, 6) is 1.11. The first-order valence-corrected chi connectivity index (χ1v) is 8.36. The highest BCUT2D eigenvalue weighted by Crippen LogP contribution is 2.20. The zero-order chi connectivity index (χ0) is 18.2. The van der Waals surface area contributed by atoms with E-state index in [1.165, 1.54) is 0 Å². The van der Waals surface area contributed by atoms with Crippen molar-refractivity contribution in [3.05, 3.63) is 84.4 Å². The molecule has 0 saturated carbocycles. The van der Waals surface area contributed by atoms with Crippen molar-refractivity contribution in [3.8, 4) is 22.6 Å². The number of carbonyl (C=O) groups excluding carboxylic acids is 1. The molecule has 0 aliphatic heterocycles. The van der Waals surface area contributed by atoms with Gasteiger partial charge < -0.3 is 14.2 Å². The zero-order valence-electron chi connectivity index (χ0n) is 14.6. The molecule has 0 aliphatic carbocycles. The average Bonchev–Trinajstić information content (AvgIpc) is 2.72. The van der Waals surface area contributed by atoms with E-state index in [0.29, 0.717) is 17.9 Å². The quantitative estimate of drug-likeness (QED) is 0.462. The van der Waals surface area contributed by atoms with E-state index in [-0.39, 0.29) is 12.6 Å². The molecule has 0 saturated heterocycles. The predicted octanol–water partition coefficient (Wildman–Crippen LogP) is 4.60. The SMILES string of the molecule is COc1ccc(OCCOC(=O)c2ccc(-c3ccccc3)cc2)cc1. The van der Waals surface area contributed by atoms with E-state index in [0.717, 1.165) is 16.9 Å². The van der Waals surface area contributed by atoms with Gasteiger partial charge in [-0.2, -0.15) is 0 Å². The molecule has 4 nitrogen and oxygen atoms in total. The molecule has 0 amide bonds. The molecule has 4 heteroatoms. The van der Waals surface area contributed by atoms with Crippen LogP contribution in [0.25, 0.3) is 11.1 Å². The van der Waals surface area contributed by atoms with E-state index in [2.05, 4.69) is 0 Å². The van der Waals surface area contributed by atoms with Crippen molar-refractivity contribution in [2.75, 3.05) is 20.3 Å². The summed E-state index contributed by atoms with van der Waals surface area (Å²) < 4.78 is 15.9. The van der Waals surface area contributed by atoms with E-state index in [9.17, 15) is 4.79 Å². The Morgan fingerprint density at radius 3 is 2.00 bits per heavy atom. The first-order valence-electron chi connectivity index (χ1n) is 8.36. The third kappa shape index (κ3) is 4.63. The molecule has 0 bridgehead atoms. The Morgan fingerprint density at radius 1 is 0.731 bits per heavy atom. The molecule has 0 heterocycles. The topological polar surface area (TPSA) is 44.8 Å². The highest BCUT2D eigenvalue weighted by molar-refractivity contribution is 5.90. The molecule has 132 valence electrons. The van der Waals surface area contributed by atoms with Gasteiger partial charge in [0.2, 0.25) is 0 Å². The van der Waals surface area contributed by atoms with Gasteiger partial charge in [-0.3, -0.25) is 0 Å². The minimum Gasteiger partial charge on any atom is -0.497 e. The zero-order valence-corrected chi connectivity index (χ0v) is 14.6. The molecule has 3 aromatic rings. The monoisotopic (exact) mass is 348 g/mol. The fourth-order valence-electron chi connectivity index (χ4n) is 2.48. The number of hydrogen-bond donors (Lipinski definition) is 0. The van der Waals surface area contributed by atoms with Crippen molar-refractivity contribution in [1.82, 2.24) is 0 Å². The smallest absolute Gasteiger partial charge is 0.338 e. The fourth-order valence-corrected chi connectivity index (χ4v) is 2.48. The maximum atomic E-state index is 12.1. The molecule has 0 unspecified atom stereocenters. The fraction of sp³-hybridized carbons (Fsp3) is 0.136. The summed E-state index contributed by atoms with van der Waals surface area (Å²) in [6.45, 7) is 0.478. The molecule has 0 aliphatic rings. The minimum absolute atomic E-state index is 0.186. The van der Waals surface area contributed by atoms with Gasteiger partial charge >= 0.3 is 5.97 Å². The number of esters is 1. The van der Waals surface area contributed by atoms with Gasteiger partial charge in [0.25, 0.3) is 0 Å². The highest BCUT2D eigenvalue weighted by atomic mass is 16.6. The van der Waals surface area contributed by atoms with Gasteiger partial charge in [-0.25, -0.2) is 4.79 Å². The van der Waals surface area contributed by atoms with Crippen LogP contribution < -0.4 is 9.47 Å². The van der Waals surface area contributed by atoms with E-state index in [4.69, 9.17) is 14.2 Å². The summed E-state index contributed by atoms with van der Waals surface area (Å²) in [5, 5.41) is 0. The third-order valence-corrected chi connectivity index (χ3v) is 3.87. The number of rotatable bonds is 7. The Bertz CT molecular complexity index is 824. The standard InChI is InChI=1S/C22H20O4/c1-24-20-11-13-21(14-12-20)25-15-16-26-22(23)19-9-7-18(8-10-19)17-5-3-2-4-6-17/h2-14H,15-16H2,1H3.